The molecule has 2 rings (SSSR count). The topological polar surface area (TPSA) is 65.8 Å². The maximum Gasteiger partial charge on any atom is 0.225 e. The Labute approximate surface area is 134 Å². The zero-order valence-electron chi connectivity index (χ0n) is 12.6. The van der Waals surface area contributed by atoms with Crippen LogP contribution in [-0.2, 0) is 4.79 Å². The molecule has 1 aromatic carbocycles. The highest BCUT2D eigenvalue weighted by molar-refractivity contribution is 7.99. The van der Waals surface area contributed by atoms with E-state index in [-0.39, 0.29) is 5.91 Å². The maximum absolute atomic E-state index is 11.9. The summed E-state index contributed by atoms with van der Waals surface area (Å²) in [5.41, 5.74) is 3.19. The first-order chi connectivity index (χ1) is 10.6. The number of carbonyl (C=O) groups excluding carboxylic acids is 1. The van der Waals surface area contributed by atoms with Gasteiger partial charge in [0.05, 0.1) is 5.56 Å². The van der Waals surface area contributed by atoms with Crippen LogP contribution in [0.1, 0.15) is 23.2 Å². The fourth-order valence-electron chi connectivity index (χ4n) is 2.03. The molecule has 0 saturated carbocycles. The molecule has 0 bridgehead atoms. The number of nitrogens with one attached hydrogen (secondary N) is 1. The van der Waals surface area contributed by atoms with Crippen LogP contribution in [0.25, 0.3) is 0 Å². The van der Waals surface area contributed by atoms with Gasteiger partial charge in [-0.05, 0) is 37.6 Å². The number of hydrogen-bond acceptors (Lipinski definition) is 4. The SMILES string of the molecule is Cc1cc(C)c(C#N)c(SCCC(=O)Nc2ccccc2)n1. The molecule has 1 amide bonds. The molecule has 0 saturated heterocycles. The number of aryl methyl sites for hydroxylation is 2. The Morgan fingerprint density at radius 3 is 2.73 bits per heavy atom. The van der Waals surface area contributed by atoms with Crippen LogP contribution in [0.3, 0.4) is 0 Å². The molecule has 0 fully saturated rings. The van der Waals surface area contributed by atoms with Gasteiger partial charge in [0.2, 0.25) is 5.91 Å². The Hall–Kier alpha value is -2.32. The van der Waals surface area contributed by atoms with Gasteiger partial charge in [0.1, 0.15) is 11.1 Å². The molecule has 0 atom stereocenters. The standard InChI is InChI=1S/C17H17N3OS/c1-12-10-13(2)19-17(15(12)11-18)22-9-8-16(21)20-14-6-4-3-5-7-14/h3-7,10H,8-9H2,1-2H3,(H,20,21). The molecule has 5 heteroatoms. The van der Waals surface area contributed by atoms with Crippen molar-refractivity contribution in [2.45, 2.75) is 25.3 Å². The fraction of sp³-hybridized carbons (Fsp3) is 0.235. The Kier molecular flexibility index (Phi) is 5.56. The van der Waals surface area contributed by atoms with E-state index < -0.39 is 0 Å². The minimum Gasteiger partial charge on any atom is -0.326 e. The molecule has 0 aliphatic rings. The number of carbonyl (C=O) groups is 1. The average Bonchev–Trinajstić information content (AvgIpc) is 2.48. The normalized spacial score (nSPS) is 10.0. The van der Waals surface area contributed by atoms with Crippen LogP contribution in [0.4, 0.5) is 5.69 Å². The molecular weight excluding hydrogens is 294 g/mol. The number of amides is 1. The lowest BCUT2D eigenvalue weighted by Crippen LogP contribution is -2.12. The highest BCUT2D eigenvalue weighted by Crippen LogP contribution is 2.24. The van der Waals surface area contributed by atoms with Gasteiger partial charge in [-0.1, -0.05) is 18.2 Å². The number of anilines is 1. The van der Waals surface area contributed by atoms with Gasteiger partial charge in [-0.15, -0.1) is 11.8 Å². The van der Waals surface area contributed by atoms with Crippen molar-refractivity contribution >= 4 is 23.4 Å². The monoisotopic (exact) mass is 311 g/mol. The number of aromatic nitrogens is 1. The number of nitriles is 1. The van der Waals surface area contributed by atoms with Crippen molar-refractivity contribution in [1.29, 1.82) is 5.26 Å². The third-order valence-electron chi connectivity index (χ3n) is 3.05. The summed E-state index contributed by atoms with van der Waals surface area (Å²) in [6, 6.07) is 13.4. The zero-order chi connectivity index (χ0) is 15.9. The maximum atomic E-state index is 11.9. The van der Waals surface area contributed by atoms with Crippen LogP contribution >= 0.6 is 11.8 Å². The number of nitrogens with zero attached hydrogens (tertiary/aromatic N) is 2. The second-order valence-corrected chi connectivity index (χ2v) is 5.97. The minimum atomic E-state index is -0.0402. The molecule has 0 radical (unpaired) electrons. The summed E-state index contributed by atoms with van der Waals surface area (Å²) in [5, 5.41) is 12.8. The largest absolute Gasteiger partial charge is 0.326 e. The number of para-hydroxylation sites is 1. The molecule has 1 N–H and O–H groups in total. The lowest BCUT2D eigenvalue weighted by molar-refractivity contribution is -0.115. The minimum absolute atomic E-state index is 0.0402. The first-order valence-corrected chi connectivity index (χ1v) is 7.94. The summed E-state index contributed by atoms with van der Waals surface area (Å²) in [4.78, 5) is 16.3. The molecule has 1 heterocycles. The first-order valence-electron chi connectivity index (χ1n) is 6.96. The van der Waals surface area contributed by atoms with Crippen molar-refractivity contribution in [2.75, 3.05) is 11.1 Å². The molecule has 0 unspecified atom stereocenters. The second-order valence-electron chi connectivity index (χ2n) is 4.89. The summed E-state index contributed by atoms with van der Waals surface area (Å²) >= 11 is 1.44. The van der Waals surface area contributed by atoms with Crippen LogP contribution in [0.15, 0.2) is 41.4 Å². The third-order valence-corrected chi connectivity index (χ3v) is 4.03. The van der Waals surface area contributed by atoms with E-state index in [9.17, 15) is 10.1 Å². The molecule has 0 aliphatic carbocycles. The van der Waals surface area contributed by atoms with Gasteiger partial charge < -0.3 is 5.32 Å². The van der Waals surface area contributed by atoms with Crippen molar-refractivity contribution < 1.29 is 4.79 Å². The molecule has 2 aromatic rings. The zero-order valence-corrected chi connectivity index (χ0v) is 13.4. The van der Waals surface area contributed by atoms with Crippen molar-refractivity contribution in [2.24, 2.45) is 0 Å². The van der Waals surface area contributed by atoms with E-state index >= 15 is 0 Å². The van der Waals surface area contributed by atoms with Crippen LogP contribution in [0.2, 0.25) is 0 Å². The van der Waals surface area contributed by atoms with E-state index in [1.54, 1.807) is 0 Å². The van der Waals surface area contributed by atoms with E-state index in [1.807, 2.05) is 50.2 Å². The molecule has 22 heavy (non-hydrogen) atoms. The second kappa shape index (κ2) is 7.62. The molecule has 112 valence electrons. The van der Waals surface area contributed by atoms with Crippen LogP contribution < -0.4 is 5.32 Å². The predicted octanol–water partition coefficient (Wildman–Crippen LogP) is 3.69. The van der Waals surface area contributed by atoms with Crippen molar-refractivity contribution in [1.82, 2.24) is 4.98 Å². The Bertz CT molecular complexity index is 708. The van der Waals surface area contributed by atoms with E-state index in [4.69, 9.17) is 0 Å². The molecule has 0 aliphatic heterocycles. The summed E-state index contributed by atoms with van der Waals surface area (Å²) in [7, 11) is 0. The summed E-state index contributed by atoms with van der Waals surface area (Å²) in [5.74, 6) is 0.546. The Balaban J connectivity index is 1.92. The quantitative estimate of drug-likeness (QED) is 0.855. The van der Waals surface area contributed by atoms with Gasteiger partial charge in [0.25, 0.3) is 0 Å². The Morgan fingerprint density at radius 2 is 2.05 bits per heavy atom. The van der Waals surface area contributed by atoms with Gasteiger partial charge >= 0.3 is 0 Å². The van der Waals surface area contributed by atoms with E-state index in [0.717, 1.165) is 16.9 Å². The molecule has 1 aromatic heterocycles. The van der Waals surface area contributed by atoms with Crippen molar-refractivity contribution in [3.63, 3.8) is 0 Å². The van der Waals surface area contributed by atoms with E-state index in [1.165, 1.54) is 11.8 Å². The number of benzene rings is 1. The van der Waals surface area contributed by atoms with Gasteiger partial charge in [-0.3, -0.25) is 4.79 Å². The summed E-state index contributed by atoms with van der Waals surface area (Å²) < 4.78 is 0. The van der Waals surface area contributed by atoms with E-state index in [0.29, 0.717) is 22.8 Å². The van der Waals surface area contributed by atoms with Gasteiger partial charge in [0.15, 0.2) is 0 Å². The lowest BCUT2D eigenvalue weighted by atomic mass is 10.1. The fourth-order valence-corrected chi connectivity index (χ4v) is 3.07. The van der Waals surface area contributed by atoms with Gasteiger partial charge in [0, 0.05) is 23.6 Å². The number of pyridine rings is 1. The summed E-state index contributed by atoms with van der Waals surface area (Å²) in [6.07, 6.45) is 0.374. The van der Waals surface area contributed by atoms with Gasteiger partial charge in [-0.2, -0.15) is 5.26 Å². The van der Waals surface area contributed by atoms with Crippen molar-refractivity contribution in [3.8, 4) is 6.07 Å². The molecule has 4 nitrogen and oxygen atoms in total. The number of thioether (sulfide) groups is 1. The Morgan fingerprint density at radius 1 is 1.32 bits per heavy atom. The predicted molar refractivity (Wildman–Crippen MR) is 88.8 cm³/mol. The van der Waals surface area contributed by atoms with Crippen LogP contribution in [0.5, 0.6) is 0 Å². The summed E-state index contributed by atoms with van der Waals surface area (Å²) in [6.45, 7) is 3.81. The van der Waals surface area contributed by atoms with Gasteiger partial charge in [-0.25, -0.2) is 4.98 Å². The highest BCUT2D eigenvalue weighted by atomic mass is 32.2. The van der Waals surface area contributed by atoms with Crippen LogP contribution in [0, 0.1) is 25.2 Å². The highest BCUT2D eigenvalue weighted by Gasteiger charge is 2.10. The van der Waals surface area contributed by atoms with Crippen molar-refractivity contribution in [3.05, 3.63) is 53.2 Å². The molecule has 0 spiro atoms. The third kappa shape index (κ3) is 4.34. The number of hydrogen-bond donors (Lipinski definition) is 1. The van der Waals surface area contributed by atoms with Crippen LogP contribution in [-0.4, -0.2) is 16.6 Å². The number of rotatable bonds is 5. The average molecular weight is 311 g/mol. The smallest absolute Gasteiger partial charge is 0.225 e. The first kappa shape index (κ1) is 16.1. The lowest BCUT2D eigenvalue weighted by Gasteiger charge is -2.08. The molecular formula is C17H17N3OS. The van der Waals surface area contributed by atoms with E-state index in [2.05, 4.69) is 16.4 Å².